The number of nitrogens with zero attached hydrogens (tertiary/aromatic N) is 3. The molecule has 5 rings (SSSR count). The van der Waals surface area contributed by atoms with Gasteiger partial charge in [0.25, 0.3) is 5.91 Å². The normalized spacial score (nSPS) is 16.1. The fourth-order valence-corrected chi connectivity index (χ4v) is 5.81. The van der Waals surface area contributed by atoms with Gasteiger partial charge in [-0.3, -0.25) is 19.5 Å². The van der Waals surface area contributed by atoms with Crippen molar-refractivity contribution in [1.82, 2.24) is 14.8 Å². The minimum absolute atomic E-state index is 0.0572. The quantitative estimate of drug-likeness (QED) is 0.342. The molecule has 1 aromatic heterocycles. The van der Waals surface area contributed by atoms with Gasteiger partial charge < -0.3 is 14.5 Å². The summed E-state index contributed by atoms with van der Waals surface area (Å²) in [6, 6.07) is 19.4. The van der Waals surface area contributed by atoms with Crippen LogP contribution in [0.25, 0.3) is 11.8 Å². The number of hydrogen-bond donors (Lipinski definition) is 1. The monoisotopic (exact) mass is 540 g/mol. The van der Waals surface area contributed by atoms with Crippen LogP contribution in [0.4, 0.5) is 5.69 Å². The molecular weight excluding hydrogens is 507 g/mol. The predicted molar refractivity (Wildman–Crippen MR) is 157 cm³/mol. The number of benzene rings is 2. The van der Waals surface area contributed by atoms with Gasteiger partial charge in [-0.25, -0.2) is 0 Å². The van der Waals surface area contributed by atoms with Gasteiger partial charge >= 0.3 is 0 Å². The van der Waals surface area contributed by atoms with Crippen molar-refractivity contribution < 1.29 is 14.1 Å². The van der Waals surface area contributed by atoms with E-state index in [1.807, 2.05) is 78.3 Å². The molecular formula is C31H33N4O3P. The van der Waals surface area contributed by atoms with E-state index in [0.29, 0.717) is 25.1 Å². The third kappa shape index (κ3) is 6.80. The van der Waals surface area contributed by atoms with Crippen LogP contribution in [0, 0.1) is 0 Å². The lowest BCUT2D eigenvalue weighted by molar-refractivity contribution is 0.0628. The Bertz CT molecular complexity index is 1480. The van der Waals surface area contributed by atoms with Crippen LogP contribution in [0.3, 0.4) is 0 Å². The fraction of sp³-hybridized carbons (Fsp3) is 0.258. The van der Waals surface area contributed by atoms with Crippen LogP contribution < -0.4 is 15.7 Å². The smallest absolute Gasteiger partial charge is 0.253 e. The Balaban J connectivity index is 1.13. The lowest BCUT2D eigenvalue weighted by Crippen LogP contribution is -2.48. The van der Waals surface area contributed by atoms with Gasteiger partial charge in [-0.1, -0.05) is 48.6 Å². The maximum Gasteiger partial charge on any atom is 0.253 e. The highest BCUT2D eigenvalue weighted by Crippen LogP contribution is 2.37. The molecule has 8 heteroatoms. The molecule has 1 amide bonds. The van der Waals surface area contributed by atoms with Crippen LogP contribution in [0.15, 0.2) is 79.0 Å². The molecule has 2 aliphatic rings. The van der Waals surface area contributed by atoms with E-state index in [1.54, 1.807) is 13.1 Å². The minimum Gasteiger partial charge on any atom is -0.455 e. The van der Waals surface area contributed by atoms with Crippen LogP contribution in [0.1, 0.15) is 39.6 Å². The van der Waals surface area contributed by atoms with Gasteiger partial charge in [-0.15, -0.1) is 0 Å². The van der Waals surface area contributed by atoms with Crippen molar-refractivity contribution in [2.24, 2.45) is 0 Å². The third-order valence-corrected chi connectivity index (χ3v) is 7.98. The van der Waals surface area contributed by atoms with Crippen molar-refractivity contribution in [3.63, 3.8) is 0 Å². The second-order valence-electron chi connectivity index (χ2n) is 9.76. The number of hydrogen-bond acceptors (Lipinski definition) is 6. The SMILES string of the molecule is CC(=O)c1ccc(CN2CCN(C(=O)c3ccc(NP(C)OC4=c5ncccc5=CC=CC4)cc3)CC2)cc1. The van der Waals surface area contributed by atoms with E-state index in [-0.39, 0.29) is 11.7 Å². The molecule has 1 aliphatic heterocycles. The number of allylic oxidation sites excluding steroid dienone is 1. The van der Waals surface area contributed by atoms with Gasteiger partial charge in [0.1, 0.15) is 11.1 Å². The van der Waals surface area contributed by atoms with Crippen molar-refractivity contribution in [2.45, 2.75) is 19.9 Å². The molecule has 3 aromatic rings. The molecule has 0 bridgehead atoms. The van der Waals surface area contributed by atoms with E-state index in [2.05, 4.69) is 27.1 Å². The maximum absolute atomic E-state index is 13.1. The summed E-state index contributed by atoms with van der Waals surface area (Å²) < 4.78 is 6.29. The summed E-state index contributed by atoms with van der Waals surface area (Å²) in [4.78, 5) is 33.4. The topological polar surface area (TPSA) is 74.8 Å². The van der Waals surface area contributed by atoms with Gasteiger partial charge in [-0.2, -0.15) is 0 Å². The van der Waals surface area contributed by atoms with E-state index in [4.69, 9.17) is 4.52 Å². The summed E-state index contributed by atoms with van der Waals surface area (Å²) in [5.74, 6) is 0.993. The summed E-state index contributed by atoms with van der Waals surface area (Å²) in [7, 11) is -0.977. The number of nitrogens with one attached hydrogen (secondary N) is 1. The summed E-state index contributed by atoms with van der Waals surface area (Å²) >= 11 is 0. The summed E-state index contributed by atoms with van der Waals surface area (Å²) in [5.41, 5.74) is 3.51. The lowest BCUT2D eigenvalue weighted by atomic mass is 10.1. The first-order chi connectivity index (χ1) is 19.0. The summed E-state index contributed by atoms with van der Waals surface area (Å²) in [6.07, 6.45) is 8.65. The first kappa shape index (κ1) is 26.8. The van der Waals surface area contributed by atoms with Crippen LogP contribution in [-0.4, -0.2) is 59.3 Å². The van der Waals surface area contributed by atoms with Crippen LogP contribution in [0.2, 0.25) is 0 Å². The van der Waals surface area contributed by atoms with Gasteiger partial charge in [0.15, 0.2) is 14.1 Å². The van der Waals surface area contributed by atoms with Crippen LogP contribution >= 0.6 is 8.30 Å². The average molecular weight is 541 g/mol. The standard InChI is InChI=1S/C31H33N4O3P/c1-23(36)25-11-9-24(10-12-25)22-34-18-20-35(21-19-34)31(37)27-13-15-28(16-14-27)33-39(2)38-29-8-4-3-6-26-7-5-17-32-30(26)29/h3-7,9-17,33H,8,18-22H2,1-2H3. The van der Waals surface area contributed by atoms with E-state index < -0.39 is 8.30 Å². The Morgan fingerprint density at radius 1 is 0.974 bits per heavy atom. The molecule has 39 heavy (non-hydrogen) atoms. The average Bonchev–Trinajstić information content (AvgIpc) is 3.16. The molecule has 7 nitrogen and oxygen atoms in total. The Labute approximate surface area is 230 Å². The molecule has 0 saturated carbocycles. The van der Waals surface area contributed by atoms with E-state index in [1.165, 1.54) is 5.56 Å². The number of pyridine rings is 1. The number of Topliss-reactive ketones (excluding diaryl/α,β-unsaturated/α-hetero) is 1. The number of piperazine rings is 1. The largest absolute Gasteiger partial charge is 0.455 e. The zero-order valence-corrected chi connectivity index (χ0v) is 23.2. The molecule has 2 heterocycles. The van der Waals surface area contributed by atoms with Crippen molar-refractivity contribution >= 4 is 37.5 Å². The maximum atomic E-state index is 13.1. The Kier molecular flexibility index (Phi) is 8.50. The number of anilines is 1. The number of rotatable bonds is 8. The number of carbonyl (C=O) groups is 2. The highest BCUT2D eigenvalue weighted by molar-refractivity contribution is 7.53. The highest BCUT2D eigenvalue weighted by Gasteiger charge is 2.22. The molecule has 1 unspecified atom stereocenters. The van der Waals surface area contributed by atoms with E-state index in [9.17, 15) is 9.59 Å². The number of aromatic nitrogens is 1. The van der Waals surface area contributed by atoms with Crippen molar-refractivity contribution in [2.75, 3.05) is 37.9 Å². The molecule has 1 atom stereocenters. The lowest BCUT2D eigenvalue weighted by Gasteiger charge is -2.34. The zero-order valence-electron chi connectivity index (χ0n) is 22.3. The van der Waals surface area contributed by atoms with Gasteiger partial charge in [0.2, 0.25) is 0 Å². The summed E-state index contributed by atoms with van der Waals surface area (Å²) in [5, 5.41) is 5.37. The number of ketones is 1. The van der Waals surface area contributed by atoms with Crippen molar-refractivity contribution in [1.29, 1.82) is 0 Å². The molecule has 1 saturated heterocycles. The second kappa shape index (κ2) is 12.4. The van der Waals surface area contributed by atoms with Crippen molar-refractivity contribution in [3.05, 3.63) is 106 Å². The predicted octanol–water partition coefficient (Wildman–Crippen LogP) is 4.16. The molecule has 1 N–H and O–H groups in total. The van der Waals surface area contributed by atoms with E-state index in [0.717, 1.165) is 47.2 Å². The van der Waals surface area contributed by atoms with Crippen molar-refractivity contribution in [3.8, 4) is 0 Å². The van der Waals surface area contributed by atoms with Gasteiger partial charge in [0, 0.05) is 74.0 Å². The molecule has 1 fully saturated rings. The third-order valence-electron chi connectivity index (χ3n) is 6.91. The summed E-state index contributed by atoms with van der Waals surface area (Å²) in [6.45, 7) is 7.45. The fourth-order valence-electron chi connectivity index (χ4n) is 4.76. The Morgan fingerprint density at radius 3 is 2.41 bits per heavy atom. The van der Waals surface area contributed by atoms with Crippen LogP contribution in [-0.2, 0) is 11.1 Å². The first-order valence-electron chi connectivity index (χ1n) is 13.2. The molecule has 1 aliphatic carbocycles. The minimum atomic E-state index is -0.977. The second-order valence-corrected chi connectivity index (χ2v) is 11.2. The Hall–Kier alpha value is -3.80. The van der Waals surface area contributed by atoms with E-state index >= 15 is 0 Å². The molecule has 2 aromatic carbocycles. The first-order valence-corrected chi connectivity index (χ1v) is 14.9. The van der Waals surface area contributed by atoms with Gasteiger partial charge in [0.05, 0.1) is 0 Å². The number of amides is 1. The number of carbonyl (C=O) groups excluding carboxylic acids is 2. The molecule has 0 spiro atoms. The molecule has 0 radical (unpaired) electrons. The van der Waals surface area contributed by atoms with Gasteiger partial charge in [-0.05, 0) is 42.8 Å². The highest BCUT2D eigenvalue weighted by atomic mass is 31.2. The van der Waals surface area contributed by atoms with Crippen LogP contribution in [0.5, 0.6) is 0 Å². The number of fused-ring (bicyclic) bond motifs is 1. The zero-order chi connectivity index (χ0) is 27.2. The molecule has 200 valence electrons. The Morgan fingerprint density at radius 2 is 1.69 bits per heavy atom.